The molecule has 7 nitrogen and oxygen atoms in total. The number of ether oxygens (including phenoxy) is 3. The highest BCUT2D eigenvalue weighted by molar-refractivity contribution is 5.78. The maximum Gasteiger partial charge on any atom is 0.236 e. The normalized spacial score (nSPS) is 23.8. The van der Waals surface area contributed by atoms with Crippen molar-refractivity contribution in [1.82, 2.24) is 14.7 Å². The van der Waals surface area contributed by atoms with Crippen LogP contribution < -0.4 is 9.47 Å². The third-order valence-electron chi connectivity index (χ3n) is 5.82. The van der Waals surface area contributed by atoms with E-state index in [1.165, 1.54) is 11.1 Å². The van der Waals surface area contributed by atoms with Crippen molar-refractivity contribution in [2.24, 2.45) is 0 Å². The van der Waals surface area contributed by atoms with Crippen molar-refractivity contribution in [2.45, 2.75) is 39.5 Å². The van der Waals surface area contributed by atoms with Crippen LogP contribution >= 0.6 is 0 Å². The number of nitrogens with zero attached hydrogens (tertiary/aromatic N) is 3. The first kappa shape index (κ1) is 21.9. The molecule has 29 heavy (non-hydrogen) atoms. The third-order valence-corrected chi connectivity index (χ3v) is 5.82. The second-order valence-electron chi connectivity index (χ2n) is 8.24. The van der Waals surface area contributed by atoms with Gasteiger partial charge in [-0.1, -0.05) is 0 Å². The molecule has 2 fully saturated rings. The molecule has 7 heteroatoms. The molecule has 0 radical (unpaired) electrons. The molecule has 1 aromatic rings. The van der Waals surface area contributed by atoms with Gasteiger partial charge in [-0.25, -0.2) is 0 Å². The van der Waals surface area contributed by atoms with Crippen LogP contribution in [0.1, 0.15) is 25.0 Å². The van der Waals surface area contributed by atoms with Gasteiger partial charge < -0.3 is 19.1 Å². The van der Waals surface area contributed by atoms with Gasteiger partial charge in [0.25, 0.3) is 0 Å². The minimum absolute atomic E-state index is 0.188. The Morgan fingerprint density at radius 2 is 1.59 bits per heavy atom. The fraction of sp³-hybridized carbons (Fsp3) is 0.682. The summed E-state index contributed by atoms with van der Waals surface area (Å²) in [4.78, 5) is 19.4. The molecule has 0 aromatic heterocycles. The molecule has 3 rings (SSSR count). The average molecular weight is 406 g/mol. The standard InChI is InChI=1S/C22H35N3O4/c1-16-10-20(27-4)21(28-5)11-19(16)14-23-6-8-25(9-7-23)22(26)15-24-12-17(2)29-18(3)13-24/h10-11,17-18H,6-9,12-15H2,1-5H3/t17-,18-/m0/s1. The Kier molecular flexibility index (Phi) is 7.38. The lowest BCUT2D eigenvalue weighted by atomic mass is 10.1. The summed E-state index contributed by atoms with van der Waals surface area (Å²) >= 11 is 0. The van der Waals surface area contributed by atoms with Gasteiger partial charge in [-0.3, -0.25) is 14.6 Å². The summed E-state index contributed by atoms with van der Waals surface area (Å²) in [5.41, 5.74) is 2.43. The van der Waals surface area contributed by atoms with E-state index >= 15 is 0 Å². The first-order valence-corrected chi connectivity index (χ1v) is 10.5. The lowest BCUT2D eigenvalue weighted by molar-refractivity contribution is -0.137. The molecule has 2 aliphatic rings. The predicted octanol–water partition coefficient (Wildman–Crippen LogP) is 1.77. The van der Waals surface area contributed by atoms with Crippen molar-refractivity contribution in [2.75, 3.05) is 60.0 Å². The Bertz CT molecular complexity index is 694. The number of benzene rings is 1. The number of rotatable bonds is 6. The first-order valence-electron chi connectivity index (χ1n) is 10.5. The molecule has 2 atom stereocenters. The maximum atomic E-state index is 12.7. The third kappa shape index (κ3) is 5.62. The highest BCUT2D eigenvalue weighted by Crippen LogP contribution is 2.31. The van der Waals surface area contributed by atoms with Crippen LogP contribution in [0, 0.1) is 6.92 Å². The van der Waals surface area contributed by atoms with Crippen LogP contribution in [-0.2, 0) is 16.1 Å². The zero-order chi connectivity index (χ0) is 21.0. The molecular weight excluding hydrogens is 370 g/mol. The summed E-state index contributed by atoms with van der Waals surface area (Å²) in [6.07, 6.45) is 0.376. The lowest BCUT2D eigenvalue weighted by Crippen LogP contribution is -2.53. The van der Waals surface area contributed by atoms with Crippen molar-refractivity contribution >= 4 is 5.91 Å². The van der Waals surface area contributed by atoms with Gasteiger partial charge >= 0.3 is 0 Å². The van der Waals surface area contributed by atoms with Gasteiger partial charge in [0, 0.05) is 45.8 Å². The molecule has 1 aromatic carbocycles. The smallest absolute Gasteiger partial charge is 0.236 e. The molecule has 0 bridgehead atoms. The zero-order valence-corrected chi connectivity index (χ0v) is 18.4. The molecule has 0 unspecified atom stereocenters. The van der Waals surface area contributed by atoms with Gasteiger partial charge in [0.2, 0.25) is 5.91 Å². The van der Waals surface area contributed by atoms with E-state index in [-0.39, 0.29) is 18.1 Å². The number of hydrogen-bond donors (Lipinski definition) is 0. The van der Waals surface area contributed by atoms with E-state index in [9.17, 15) is 4.79 Å². The molecule has 2 saturated heterocycles. The number of carbonyl (C=O) groups is 1. The van der Waals surface area contributed by atoms with Gasteiger partial charge in [0.15, 0.2) is 11.5 Å². The summed E-state index contributed by atoms with van der Waals surface area (Å²) < 4.78 is 16.6. The molecule has 1 amide bonds. The van der Waals surface area contributed by atoms with Crippen molar-refractivity contribution in [3.05, 3.63) is 23.3 Å². The summed E-state index contributed by atoms with van der Waals surface area (Å²) in [7, 11) is 3.32. The second-order valence-corrected chi connectivity index (χ2v) is 8.24. The Morgan fingerprint density at radius 1 is 1.00 bits per heavy atom. The van der Waals surface area contributed by atoms with Gasteiger partial charge in [0.1, 0.15) is 0 Å². The zero-order valence-electron chi connectivity index (χ0n) is 18.4. The Balaban J connectivity index is 1.51. The number of morpholine rings is 1. The van der Waals surface area contributed by atoms with Crippen LogP contribution in [0.5, 0.6) is 11.5 Å². The molecule has 162 valence electrons. The van der Waals surface area contributed by atoms with Crippen LogP contribution in [0.15, 0.2) is 12.1 Å². The Hall–Kier alpha value is -1.83. The van der Waals surface area contributed by atoms with E-state index in [1.807, 2.05) is 11.0 Å². The molecule has 2 aliphatic heterocycles. The van der Waals surface area contributed by atoms with Gasteiger partial charge in [-0.2, -0.15) is 0 Å². The van der Waals surface area contributed by atoms with Crippen molar-refractivity contribution in [3.63, 3.8) is 0 Å². The second kappa shape index (κ2) is 9.78. The Morgan fingerprint density at radius 3 is 2.17 bits per heavy atom. The highest BCUT2D eigenvalue weighted by atomic mass is 16.5. The SMILES string of the molecule is COc1cc(C)c(CN2CCN(C(=O)CN3C[C@H](C)O[C@@H](C)C3)CC2)cc1OC. The van der Waals surface area contributed by atoms with E-state index in [4.69, 9.17) is 14.2 Å². The summed E-state index contributed by atoms with van der Waals surface area (Å²) in [5.74, 6) is 1.75. The molecule has 0 spiro atoms. The monoisotopic (exact) mass is 405 g/mol. The van der Waals surface area contributed by atoms with Crippen LogP contribution in [0.2, 0.25) is 0 Å². The van der Waals surface area contributed by atoms with Crippen molar-refractivity contribution in [3.8, 4) is 11.5 Å². The van der Waals surface area contributed by atoms with E-state index in [1.54, 1.807) is 14.2 Å². The summed E-state index contributed by atoms with van der Waals surface area (Å²) in [6.45, 7) is 12.6. The number of methoxy groups -OCH3 is 2. The first-order chi connectivity index (χ1) is 13.9. The number of hydrogen-bond acceptors (Lipinski definition) is 6. The molecule has 0 saturated carbocycles. The highest BCUT2D eigenvalue weighted by Gasteiger charge is 2.27. The van der Waals surface area contributed by atoms with Crippen LogP contribution in [-0.4, -0.2) is 92.8 Å². The average Bonchev–Trinajstić information content (AvgIpc) is 2.68. The molecule has 0 N–H and O–H groups in total. The molecule has 0 aliphatic carbocycles. The molecular formula is C22H35N3O4. The van der Waals surface area contributed by atoms with Crippen LogP contribution in [0.25, 0.3) is 0 Å². The largest absolute Gasteiger partial charge is 0.493 e. The number of carbonyl (C=O) groups excluding carboxylic acids is 1. The Labute approximate surface area is 174 Å². The van der Waals surface area contributed by atoms with Gasteiger partial charge in [0.05, 0.1) is 33.0 Å². The fourth-order valence-corrected chi connectivity index (χ4v) is 4.29. The number of aryl methyl sites for hydroxylation is 1. The van der Waals surface area contributed by atoms with Crippen molar-refractivity contribution < 1.29 is 19.0 Å². The summed E-state index contributed by atoms with van der Waals surface area (Å²) in [6, 6.07) is 4.09. The van der Waals surface area contributed by atoms with Gasteiger partial charge in [-0.15, -0.1) is 0 Å². The summed E-state index contributed by atoms with van der Waals surface area (Å²) in [5, 5.41) is 0. The van der Waals surface area contributed by atoms with E-state index < -0.39 is 0 Å². The number of amides is 1. The topological polar surface area (TPSA) is 54.5 Å². The van der Waals surface area contributed by atoms with E-state index in [0.717, 1.165) is 57.3 Å². The fourth-order valence-electron chi connectivity index (χ4n) is 4.29. The molecule has 2 heterocycles. The number of piperazine rings is 1. The lowest BCUT2D eigenvalue weighted by Gasteiger charge is -2.38. The van der Waals surface area contributed by atoms with Crippen LogP contribution in [0.3, 0.4) is 0 Å². The minimum atomic E-state index is 0.188. The minimum Gasteiger partial charge on any atom is -0.493 e. The van der Waals surface area contributed by atoms with Gasteiger partial charge in [-0.05, 0) is 44.0 Å². The maximum absolute atomic E-state index is 12.7. The van der Waals surface area contributed by atoms with E-state index in [2.05, 4.69) is 36.6 Å². The quantitative estimate of drug-likeness (QED) is 0.719. The van der Waals surface area contributed by atoms with Crippen LogP contribution in [0.4, 0.5) is 0 Å². The predicted molar refractivity (Wildman–Crippen MR) is 113 cm³/mol. The van der Waals surface area contributed by atoms with Crippen molar-refractivity contribution in [1.29, 1.82) is 0 Å². The van der Waals surface area contributed by atoms with E-state index in [0.29, 0.717) is 6.54 Å².